The molecular weight excluding hydrogens is 372 g/mol. The van der Waals surface area contributed by atoms with Crippen LogP contribution in [0.5, 0.6) is 0 Å². The fraction of sp³-hybridized carbons (Fsp3) is 0.364. The number of para-hydroxylation sites is 1. The molecule has 1 aliphatic rings. The molecular formula is C22H26N2O5. The molecule has 0 aliphatic carbocycles. The van der Waals surface area contributed by atoms with Crippen LogP contribution in [-0.4, -0.2) is 55.9 Å². The Kier molecular flexibility index (Phi) is 6.51. The second kappa shape index (κ2) is 9.07. The highest BCUT2D eigenvalue weighted by molar-refractivity contribution is 6.27. The summed E-state index contributed by atoms with van der Waals surface area (Å²) in [5.41, 5.74) is 4.03. The van der Waals surface area contributed by atoms with E-state index in [1.54, 1.807) is 0 Å². The highest BCUT2D eigenvalue weighted by atomic mass is 16.4. The van der Waals surface area contributed by atoms with Crippen molar-refractivity contribution in [2.24, 2.45) is 0 Å². The van der Waals surface area contributed by atoms with E-state index >= 15 is 0 Å². The number of likely N-dealkylation sites (tertiary alicyclic amines) is 1. The van der Waals surface area contributed by atoms with Gasteiger partial charge in [0.2, 0.25) is 0 Å². The fourth-order valence-electron chi connectivity index (χ4n) is 3.87. The Morgan fingerprint density at radius 3 is 2.21 bits per heavy atom. The predicted molar refractivity (Wildman–Crippen MR) is 111 cm³/mol. The maximum atomic E-state index is 9.65. The largest absolute Gasteiger partial charge is 0.473 e. The number of hydrogen-bond donors (Lipinski definition) is 3. The topological polar surface area (TPSA) is 103 Å². The molecule has 154 valence electrons. The second-order valence-corrected chi connectivity index (χ2v) is 7.23. The van der Waals surface area contributed by atoms with Gasteiger partial charge in [0.15, 0.2) is 0 Å². The summed E-state index contributed by atoms with van der Waals surface area (Å²) in [4.78, 5) is 20.7. The van der Waals surface area contributed by atoms with Gasteiger partial charge in [-0.2, -0.15) is 0 Å². The van der Waals surface area contributed by atoms with Crippen molar-refractivity contribution in [1.29, 1.82) is 0 Å². The number of carbonyl (C=O) groups is 2. The molecule has 7 heteroatoms. The minimum Gasteiger partial charge on any atom is -0.473 e. The standard InChI is InChI=1S/C20H24N2O.C2H2O4/c1-2-22-19-6-4-3-5-17(19)18-8-7-15(13-20(18)22)14-21-11-9-16(23)10-12-21;3-1(4)2(5)6/h3-8,13,16,23H,2,9-12,14H2,1H3;(H,3,4)(H,5,6). The molecule has 4 rings (SSSR count). The highest BCUT2D eigenvalue weighted by Crippen LogP contribution is 2.30. The molecule has 0 bridgehead atoms. The molecule has 0 amide bonds. The van der Waals surface area contributed by atoms with Gasteiger partial charge in [0.25, 0.3) is 0 Å². The van der Waals surface area contributed by atoms with E-state index in [1.165, 1.54) is 27.4 Å². The molecule has 2 heterocycles. The van der Waals surface area contributed by atoms with Crippen LogP contribution in [-0.2, 0) is 22.7 Å². The van der Waals surface area contributed by atoms with E-state index in [1.807, 2.05) is 0 Å². The zero-order valence-corrected chi connectivity index (χ0v) is 16.4. The van der Waals surface area contributed by atoms with Gasteiger partial charge in [-0.25, -0.2) is 9.59 Å². The Morgan fingerprint density at radius 2 is 1.59 bits per heavy atom. The normalized spacial score (nSPS) is 15.2. The number of aliphatic hydroxyl groups is 1. The zero-order chi connectivity index (χ0) is 21.0. The van der Waals surface area contributed by atoms with Crippen LogP contribution in [0.2, 0.25) is 0 Å². The number of aliphatic hydroxyl groups excluding tert-OH is 1. The van der Waals surface area contributed by atoms with Crippen LogP contribution in [0.1, 0.15) is 25.3 Å². The molecule has 1 fully saturated rings. The first-order valence-corrected chi connectivity index (χ1v) is 9.77. The van der Waals surface area contributed by atoms with E-state index in [0.29, 0.717) is 0 Å². The summed E-state index contributed by atoms with van der Waals surface area (Å²) in [6, 6.07) is 15.6. The SMILES string of the molecule is CCn1c2ccccc2c2ccc(CN3CCC(O)CC3)cc21.O=C(O)C(=O)O. The average molecular weight is 398 g/mol. The fourth-order valence-corrected chi connectivity index (χ4v) is 3.87. The van der Waals surface area contributed by atoms with Crippen LogP contribution in [0, 0.1) is 0 Å². The number of carboxylic acids is 2. The minimum absolute atomic E-state index is 0.101. The van der Waals surface area contributed by atoms with E-state index < -0.39 is 11.9 Å². The van der Waals surface area contributed by atoms with Crippen molar-refractivity contribution in [2.45, 2.75) is 39.0 Å². The van der Waals surface area contributed by atoms with Gasteiger partial charge in [-0.15, -0.1) is 0 Å². The molecule has 2 aromatic carbocycles. The van der Waals surface area contributed by atoms with Gasteiger partial charge in [0, 0.05) is 48.0 Å². The summed E-state index contributed by atoms with van der Waals surface area (Å²) in [5, 5.41) is 27.1. The molecule has 1 aromatic heterocycles. The molecule has 3 N–H and O–H groups in total. The smallest absolute Gasteiger partial charge is 0.414 e. The maximum absolute atomic E-state index is 9.65. The Labute approximate surface area is 168 Å². The monoisotopic (exact) mass is 398 g/mol. The highest BCUT2D eigenvalue weighted by Gasteiger charge is 2.17. The van der Waals surface area contributed by atoms with Crippen molar-refractivity contribution >= 4 is 33.7 Å². The van der Waals surface area contributed by atoms with E-state index in [9.17, 15) is 5.11 Å². The number of piperidine rings is 1. The van der Waals surface area contributed by atoms with Crippen LogP contribution < -0.4 is 0 Å². The molecule has 0 saturated carbocycles. The van der Waals surface area contributed by atoms with Crippen molar-refractivity contribution in [2.75, 3.05) is 13.1 Å². The van der Waals surface area contributed by atoms with Gasteiger partial charge >= 0.3 is 11.9 Å². The summed E-state index contributed by atoms with van der Waals surface area (Å²) < 4.78 is 2.41. The van der Waals surface area contributed by atoms with E-state index in [-0.39, 0.29) is 6.10 Å². The molecule has 0 radical (unpaired) electrons. The summed E-state index contributed by atoms with van der Waals surface area (Å²) in [5.74, 6) is -3.65. The Balaban J connectivity index is 0.000000353. The average Bonchev–Trinajstić information content (AvgIpc) is 3.03. The van der Waals surface area contributed by atoms with Gasteiger partial charge in [-0.1, -0.05) is 30.3 Å². The Bertz CT molecular complexity index is 1010. The first-order chi connectivity index (χ1) is 13.9. The third-order valence-corrected chi connectivity index (χ3v) is 5.30. The third-order valence-electron chi connectivity index (χ3n) is 5.30. The number of aryl methyl sites for hydroxylation is 1. The van der Waals surface area contributed by atoms with Crippen LogP contribution in [0.25, 0.3) is 21.8 Å². The van der Waals surface area contributed by atoms with Gasteiger partial charge < -0.3 is 19.9 Å². The maximum Gasteiger partial charge on any atom is 0.414 e. The Hall–Kier alpha value is -2.90. The van der Waals surface area contributed by atoms with Crippen molar-refractivity contribution < 1.29 is 24.9 Å². The first-order valence-electron chi connectivity index (χ1n) is 9.77. The summed E-state index contributed by atoms with van der Waals surface area (Å²) in [6.07, 6.45) is 1.70. The van der Waals surface area contributed by atoms with Crippen LogP contribution in [0.15, 0.2) is 42.5 Å². The molecule has 0 atom stereocenters. The number of nitrogens with zero attached hydrogens (tertiary/aromatic N) is 2. The molecule has 1 aliphatic heterocycles. The molecule has 0 spiro atoms. The number of carboxylic acid groups (broad SMARTS) is 2. The lowest BCUT2D eigenvalue weighted by Gasteiger charge is -2.29. The summed E-state index contributed by atoms with van der Waals surface area (Å²) in [7, 11) is 0. The predicted octanol–water partition coefficient (Wildman–Crippen LogP) is 2.93. The van der Waals surface area contributed by atoms with Crippen LogP contribution in [0.4, 0.5) is 0 Å². The van der Waals surface area contributed by atoms with Crippen molar-refractivity contribution in [3.63, 3.8) is 0 Å². The number of fused-ring (bicyclic) bond motifs is 3. The van der Waals surface area contributed by atoms with Gasteiger partial charge in [0.1, 0.15) is 0 Å². The van der Waals surface area contributed by atoms with Gasteiger partial charge in [-0.05, 0) is 37.5 Å². The lowest BCUT2D eigenvalue weighted by molar-refractivity contribution is -0.159. The first kappa shape index (κ1) is 20.8. The van der Waals surface area contributed by atoms with Crippen molar-refractivity contribution in [3.8, 4) is 0 Å². The second-order valence-electron chi connectivity index (χ2n) is 7.23. The van der Waals surface area contributed by atoms with E-state index in [4.69, 9.17) is 19.8 Å². The summed E-state index contributed by atoms with van der Waals surface area (Å²) in [6.45, 7) is 6.17. The van der Waals surface area contributed by atoms with Crippen LogP contribution in [0.3, 0.4) is 0 Å². The molecule has 7 nitrogen and oxygen atoms in total. The quantitative estimate of drug-likeness (QED) is 0.586. The minimum atomic E-state index is -1.82. The number of benzene rings is 2. The van der Waals surface area contributed by atoms with Gasteiger partial charge in [0.05, 0.1) is 6.10 Å². The third kappa shape index (κ3) is 4.75. The number of aromatic nitrogens is 1. The number of hydrogen-bond acceptors (Lipinski definition) is 4. The number of rotatable bonds is 3. The lowest BCUT2D eigenvalue weighted by Crippen LogP contribution is -2.35. The molecule has 29 heavy (non-hydrogen) atoms. The van der Waals surface area contributed by atoms with Crippen molar-refractivity contribution in [1.82, 2.24) is 9.47 Å². The zero-order valence-electron chi connectivity index (χ0n) is 16.4. The Morgan fingerprint density at radius 1 is 0.966 bits per heavy atom. The van der Waals surface area contributed by atoms with Crippen molar-refractivity contribution in [3.05, 3.63) is 48.0 Å². The van der Waals surface area contributed by atoms with Gasteiger partial charge in [-0.3, -0.25) is 4.90 Å². The van der Waals surface area contributed by atoms with Crippen LogP contribution >= 0.6 is 0 Å². The molecule has 3 aromatic rings. The lowest BCUT2D eigenvalue weighted by atomic mass is 10.1. The molecule has 1 saturated heterocycles. The van der Waals surface area contributed by atoms with E-state index in [2.05, 4.69) is 58.9 Å². The molecule has 0 unspecified atom stereocenters. The summed E-state index contributed by atoms with van der Waals surface area (Å²) >= 11 is 0. The number of aliphatic carboxylic acids is 2. The van der Waals surface area contributed by atoms with E-state index in [0.717, 1.165) is 39.0 Å².